The minimum atomic E-state index is -0.512. The van der Waals surface area contributed by atoms with Crippen molar-refractivity contribution >= 4 is 0 Å². The maximum Gasteiger partial charge on any atom is 0.344 e. The lowest BCUT2D eigenvalue weighted by Gasteiger charge is -1.98. The molecule has 0 fully saturated rings. The van der Waals surface area contributed by atoms with E-state index in [1.807, 2.05) is 6.07 Å². The first-order chi connectivity index (χ1) is 5.65. The van der Waals surface area contributed by atoms with Gasteiger partial charge in [-0.05, 0) is 6.92 Å². The quantitative estimate of drug-likeness (QED) is 0.594. The number of aromatic amines is 2. The molecule has 0 aliphatic rings. The first kappa shape index (κ1) is 8.33. The molecule has 6 heteroatoms. The van der Waals surface area contributed by atoms with Gasteiger partial charge in [-0.25, -0.2) is 24.4 Å². The standard InChI is InChI=1S/C6H8N4O2/c1-4(2-7)3-10-5(11)8-9-6(10)12/h4H,3H2,1H3,(H,8,11)(H,9,12). The van der Waals surface area contributed by atoms with Crippen molar-refractivity contribution < 1.29 is 0 Å². The molecule has 6 nitrogen and oxygen atoms in total. The van der Waals surface area contributed by atoms with Crippen LogP contribution < -0.4 is 11.4 Å². The van der Waals surface area contributed by atoms with Crippen molar-refractivity contribution in [3.8, 4) is 6.07 Å². The first-order valence-corrected chi connectivity index (χ1v) is 3.42. The van der Waals surface area contributed by atoms with Gasteiger partial charge in [-0.1, -0.05) is 0 Å². The highest BCUT2D eigenvalue weighted by Crippen LogP contribution is 1.91. The Morgan fingerprint density at radius 2 is 2.00 bits per heavy atom. The van der Waals surface area contributed by atoms with Crippen molar-refractivity contribution in [3.05, 3.63) is 21.0 Å². The number of rotatable bonds is 2. The van der Waals surface area contributed by atoms with Gasteiger partial charge < -0.3 is 0 Å². The fourth-order valence-corrected chi connectivity index (χ4v) is 0.815. The monoisotopic (exact) mass is 168 g/mol. The van der Waals surface area contributed by atoms with Crippen molar-refractivity contribution in [3.63, 3.8) is 0 Å². The van der Waals surface area contributed by atoms with Crippen molar-refractivity contribution in [1.29, 1.82) is 5.26 Å². The summed E-state index contributed by atoms with van der Waals surface area (Å²) in [4.78, 5) is 21.7. The highest BCUT2D eigenvalue weighted by molar-refractivity contribution is 4.80. The van der Waals surface area contributed by atoms with E-state index in [1.54, 1.807) is 6.92 Å². The summed E-state index contributed by atoms with van der Waals surface area (Å²) in [5.74, 6) is -0.348. The molecule has 0 aromatic carbocycles. The molecule has 0 bridgehead atoms. The molecule has 0 amide bonds. The van der Waals surface area contributed by atoms with Gasteiger partial charge in [-0.2, -0.15) is 5.26 Å². The molecule has 0 radical (unpaired) electrons. The van der Waals surface area contributed by atoms with Crippen LogP contribution in [0.2, 0.25) is 0 Å². The third kappa shape index (κ3) is 1.45. The summed E-state index contributed by atoms with van der Waals surface area (Å²) in [5.41, 5.74) is -1.02. The van der Waals surface area contributed by atoms with Gasteiger partial charge in [0, 0.05) is 6.54 Å². The molecule has 2 N–H and O–H groups in total. The second kappa shape index (κ2) is 3.09. The molecule has 1 aromatic heterocycles. The molecular weight excluding hydrogens is 160 g/mol. The van der Waals surface area contributed by atoms with Crippen LogP contribution in [0.25, 0.3) is 0 Å². The number of nitrogens with zero attached hydrogens (tertiary/aromatic N) is 2. The normalized spacial score (nSPS) is 12.3. The zero-order valence-electron chi connectivity index (χ0n) is 6.50. The predicted molar refractivity (Wildman–Crippen MR) is 40.5 cm³/mol. The van der Waals surface area contributed by atoms with E-state index in [-0.39, 0.29) is 12.5 Å². The number of nitriles is 1. The van der Waals surface area contributed by atoms with Crippen LogP contribution in [0.15, 0.2) is 9.59 Å². The molecule has 1 atom stereocenters. The van der Waals surface area contributed by atoms with Gasteiger partial charge in [0.25, 0.3) is 0 Å². The van der Waals surface area contributed by atoms with Crippen LogP contribution in [-0.4, -0.2) is 14.8 Å². The number of H-pyrrole nitrogens is 2. The van der Waals surface area contributed by atoms with Crippen LogP contribution in [0, 0.1) is 17.2 Å². The van der Waals surface area contributed by atoms with Crippen LogP contribution in [-0.2, 0) is 6.54 Å². The Hall–Kier alpha value is -1.77. The van der Waals surface area contributed by atoms with Crippen LogP contribution in [0.3, 0.4) is 0 Å². The van der Waals surface area contributed by atoms with E-state index in [4.69, 9.17) is 5.26 Å². The van der Waals surface area contributed by atoms with E-state index in [2.05, 4.69) is 10.2 Å². The summed E-state index contributed by atoms with van der Waals surface area (Å²) in [6.07, 6.45) is 0. The molecule has 0 saturated carbocycles. The summed E-state index contributed by atoms with van der Waals surface area (Å²) < 4.78 is 0.952. The van der Waals surface area contributed by atoms with Gasteiger partial charge in [0.05, 0.1) is 12.0 Å². The average molecular weight is 168 g/mol. The number of nitrogens with one attached hydrogen (secondary N) is 2. The van der Waals surface area contributed by atoms with Crippen molar-refractivity contribution in [2.75, 3.05) is 0 Å². The third-order valence-corrected chi connectivity index (χ3v) is 1.44. The van der Waals surface area contributed by atoms with E-state index in [9.17, 15) is 9.59 Å². The molecule has 64 valence electrons. The van der Waals surface area contributed by atoms with Gasteiger partial charge in [0.2, 0.25) is 0 Å². The fraction of sp³-hybridized carbons (Fsp3) is 0.500. The lowest BCUT2D eigenvalue weighted by molar-refractivity contribution is 0.552. The first-order valence-electron chi connectivity index (χ1n) is 3.42. The second-order valence-electron chi connectivity index (χ2n) is 2.50. The summed E-state index contributed by atoms with van der Waals surface area (Å²) in [7, 11) is 0. The molecule has 0 saturated heterocycles. The van der Waals surface area contributed by atoms with Gasteiger partial charge in [0.15, 0.2) is 0 Å². The highest BCUT2D eigenvalue weighted by Gasteiger charge is 2.06. The molecule has 0 spiro atoms. The lowest BCUT2D eigenvalue weighted by atomic mass is 10.2. The van der Waals surface area contributed by atoms with E-state index in [0.29, 0.717) is 0 Å². The van der Waals surface area contributed by atoms with E-state index in [1.165, 1.54) is 0 Å². The number of hydrogen-bond acceptors (Lipinski definition) is 3. The van der Waals surface area contributed by atoms with Gasteiger partial charge in [0.1, 0.15) is 0 Å². The maximum atomic E-state index is 10.9. The zero-order chi connectivity index (χ0) is 9.14. The summed E-state index contributed by atoms with van der Waals surface area (Å²) in [6, 6.07) is 1.93. The molecule has 1 aromatic rings. The lowest BCUT2D eigenvalue weighted by Crippen LogP contribution is -2.28. The Kier molecular flexibility index (Phi) is 2.14. The van der Waals surface area contributed by atoms with Crippen LogP contribution in [0.1, 0.15) is 6.92 Å². The van der Waals surface area contributed by atoms with Crippen molar-refractivity contribution in [1.82, 2.24) is 14.8 Å². The fourth-order valence-electron chi connectivity index (χ4n) is 0.815. The topological polar surface area (TPSA) is 94.4 Å². The van der Waals surface area contributed by atoms with Gasteiger partial charge in [-0.3, -0.25) is 0 Å². The Labute approximate surface area is 67.4 Å². The molecule has 1 rings (SSSR count). The highest BCUT2D eigenvalue weighted by atomic mass is 16.2. The Balaban J connectivity index is 2.98. The smallest absolute Gasteiger partial charge is 0.247 e. The Morgan fingerprint density at radius 3 is 2.42 bits per heavy atom. The van der Waals surface area contributed by atoms with Crippen LogP contribution in [0.5, 0.6) is 0 Å². The molecule has 1 heterocycles. The molecule has 12 heavy (non-hydrogen) atoms. The van der Waals surface area contributed by atoms with Gasteiger partial charge >= 0.3 is 11.4 Å². The van der Waals surface area contributed by atoms with E-state index >= 15 is 0 Å². The third-order valence-electron chi connectivity index (χ3n) is 1.44. The Morgan fingerprint density at radius 1 is 1.50 bits per heavy atom. The predicted octanol–water partition coefficient (Wildman–Crippen LogP) is -0.976. The molecule has 0 aliphatic carbocycles. The van der Waals surface area contributed by atoms with Crippen LogP contribution in [0.4, 0.5) is 0 Å². The molecule has 0 aliphatic heterocycles. The van der Waals surface area contributed by atoms with Gasteiger partial charge in [-0.15, -0.1) is 0 Å². The minimum absolute atomic E-state index is 0.119. The zero-order valence-corrected chi connectivity index (χ0v) is 6.50. The van der Waals surface area contributed by atoms with E-state index in [0.717, 1.165) is 4.57 Å². The largest absolute Gasteiger partial charge is 0.344 e. The number of hydrogen-bond donors (Lipinski definition) is 2. The molecule has 1 unspecified atom stereocenters. The second-order valence-corrected chi connectivity index (χ2v) is 2.50. The summed E-state index contributed by atoms with van der Waals surface area (Å²) in [5, 5.41) is 12.7. The van der Waals surface area contributed by atoms with Crippen molar-refractivity contribution in [2.45, 2.75) is 13.5 Å². The van der Waals surface area contributed by atoms with E-state index < -0.39 is 11.4 Å². The average Bonchev–Trinajstić information content (AvgIpc) is 2.35. The SMILES string of the molecule is CC(C#N)Cn1c(=O)[nH][nH]c1=O. The molecular formula is C6H8N4O2. The van der Waals surface area contributed by atoms with Crippen LogP contribution >= 0.6 is 0 Å². The summed E-state index contributed by atoms with van der Waals surface area (Å²) in [6.45, 7) is 1.76. The summed E-state index contributed by atoms with van der Waals surface area (Å²) >= 11 is 0. The Bertz CT molecular complexity index is 377. The minimum Gasteiger partial charge on any atom is -0.247 e. The van der Waals surface area contributed by atoms with Crippen molar-refractivity contribution in [2.24, 2.45) is 5.92 Å². The number of aromatic nitrogens is 3. The maximum absolute atomic E-state index is 10.9.